The van der Waals surface area contributed by atoms with Crippen LogP contribution in [-0.2, 0) is 7.05 Å². The molecule has 0 aliphatic heterocycles. The van der Waals surface area contributed by atoms with Gasteiger partial charge in [0.15, 0.2) is 0 Å². The number of hydrogen-bond donors (Lipinski definition) is 1. The summed E-state index contributed by atoms with van der Waals surface area (Å²) in [5.41, 5.74) is 0.991. The number of rotatable bonds is 6. The Morgan fingerprint density at radius 2 is 2.08 bits per heavy atom. The van der Waals surface area contributed by atoms with Crippen LogP contribution in [0.3, 0.4) is 0 Å². The lowest BCUT2D eigenvalue weighted by molar-refractivity contribution is 0.408. The van der Waals surface area contributed by atoms with Gasteiger partial charge in [-0.05, 0) is 12.3 Å². The molecule has 0 aliphatic carbocycles. The van der Waals surface area contributed by atoms with E-state index in [0.29, 0.717) is 5.82 Å². The van der Waals surface area contributed by atoms with E-state index < -0.39 is 0 Å². The molecule has 0 radical (unpaired) electrons. The maximum absolute atomic E-state index is 5.53. The lowest BCUT2D eigenvalue weighted by atomic mass is 10.0. The predicted octanol–water partition coefficient (Wildman–Crippen LogP) is 3.14. The second-order valence-corrected chi connectivity index (χ2v) is 5.99. The van der Waals surface area contributed by atoms with E-state index in [4.69, 9.17) is 4.74 Å². The minimum absolute atomic E-state index is 0.201. The van der Waals surface area contributed by atoms with Gasteiger partial charge in [-0.15, -0.1) is 11.8 Å². The summed E-state index contributed by atoms with van der Waals surface area (Å²) in [6, 6.07) is 7.70. The molecule has 3 aromatic rings. The topological polar surface area (TPSA) is 64.9 Å². The molecule has 0 bridgehead atoms. The maximum Gasteiger partial charge on any atom is 0.146 e. The summed E-state index contributed by atoms with van der Waals surface area (Å²) < 4.78 is 7.51. The van der Waals surface area contributed by atoms with E-state index in [9.17, 15) is 0 Å². The standard InChI is InChI=1S/C17H19N5OS/c1-22-9-8-19-17(22)16(12-6-4-5-7-13(12)23-2)21-14-10-18-11-15(20-14)24-3/h4-11,16H,1-3H3,(H,20,21)/t16-/m0/s1. The zero-order valence-electron chi connectivity index (χ0n) is 13.8. The second kappa shape index (κ2) is 7.35. The molecule has 0 aliphatic rings. The first kappa shape index (κ1) is 16.3. The molecule has 6 nitrogen and oxygen atoms in total. The SMILES string of the molecule is COc1ccccc1[C@H](Nc1cncc(SC)n1)c1nccn1C. The zero-order chi connectivity index (χ0) is 16.9. The molecule has 124 valence electrons. The Balaban J connectivity index is 2.04. The van der Waals surface area contributed by atoms with E-state index in [0.717, 1.165) is 22.2 Å². The van der Waals surface area contributed by atoms with E-state index in [1.807, 2.05) is 48.3 Å². The van der Waals surface area contributed by atoms with E-state index in [-0.39, 0.29) is 6.04 Å². The number of ether oxygens (including phenoxy) is 1. The fraction of sp³-hybridized carbons (Fsp3) is 0.235. The van der Waals surface area contributed by atoms with Gasteiger partial charge in [0.25, 0.3) is 0 Å². The molecule has 0 saturated carbocycles. The van der Waals surface area contributed by atoms with Crippen molar-refractivity contribution in [3.8, 4) is 5.75 Å². The lowest BCUT2D eigenvalue weighted by Gasteiger charge is -2.21. The molecular weight excluding hydrogens is 322 g/mol. The summed E-state index contributed by atoms with van der Waals surface area (Å²) >= 11 is 1.56. The Bertz CT molecular complexity index is 820. The van der Waals surface area contributed by atoms with Crippen molar-refractivity contribution in [1.29, 1.82) is 0 Å². The van der Waals surface area contributed by atoms with E-state index >= 15 is 0 Å². The van der Waals surface area contributed by atoms with Crippen LogP contribution in [-0.4, -0.2) is 32.9 Å². The first-order valence-electron chi connectivity index (χ1n) is 7.45. The van der Waals surface area contributed by atoms with Gasteiger partial charge in [0.05, 0.1) is 19.5 Å². The first-order chi connectivity index (χ1) is 11.7. The number of imidazole rings is 1. The Hall–Kier alpha value is -2.54. The van der Waals surface area contributed by atoms with Crippen LogP contribution < -0.4 is 10.1 Å². The lowest BCUT2D eigenvalue weighted by Crippen LogP contribution is -2.18. The molecule has 0 saturated heterocycles. The molecule has 24 heavy (non-hydrogen) atoms. The van der Waals surface area contributed by atoms with Crippen molar-refractivity contribution in [2.24, 2.45) is 7.05 Å². The third-order valence-corrected chi connectivity index (χ3v) is 4.30. The molecule has 2 aromatic heterocycles. The molecule has 2 heterocycles. The molecule has 1 atom stereocenters. The van der Waals surface area contributed by atoms with Gasteiger partial charge in [-0.3, -0.25) is 4.98 Å². The summed E-state index contributed by atoms with van der Waals surface area (Å²) in [7, 11) is 3.64. The van der Waals surface area contributed by atoms with E-state index in [1.165, 1.54) is 0 Å². The third-order valence-electron chi connectivity index (χ3n) is 3.68. The van der Waals surface area contributed by atoms with Crippen LogP contribution in [0.25, 0.3) is 0 Å². The number of aromatic nitrogens is 4. The molecule has 1 N–H and O–H groups in total. The predicted molar refractivity (Wildman–Crippen MR) is 95.5 cm³/mol. The molecular formula is C17H19N5OS. The molecule has 0 fully saturated rings. The molecule has 7 heteroatoms. The minimum Gasteiger partial charge on any atom is -0.496 e. The van der Waals surface area contributed by atoms with Crippen molar-refractivity contribution in [2.75, 3.05) is 18.7 Å². The summed E-state index contributed by atoms with van der Waals surface area (Å²) in [4.78, 5) is 13.3. The quantitative estimate of drug-likeness (QED) is 0.695. The second-order valence-electron chi connectivity index (χ2n) is 5.16. The van der Waals surface area contributed by atoms with Crippen molar-refractivity contribution < 1.29 is 4.74 Å². The average molecular weight is 341 g/mol. The summed E-state index contributed by atoms with van der Waals surface area (Å²) in [6.07, 6.45) is 9.14. The molecule has 3 rings (SSSR count). The van der Waals surface area contributed by atoms with Crippen LogP contribution in [0.15, 0.2) is 54.1 Å². The number of methoxy groups -OCH3 is 1. The Kier molecular flexibility index (Phi) is 5.00. The van der Waals surface area contributed by atoms with Crippen LogP contribution >= 0.6 is 11.8 Å². The number of para-hydroxylation sites is 1. The van der Waals surface area contributed by atoms with Gasteiger partial charge in [-0.2, -0.15) is 0 Å². The Morgan fingerprint density at radius 1 is 1.25 bits per heavy atom. The van der Waals surface area contributed by atoms with E-state index in [2.05, 4.69) is 20.3 Å². The summed E-state index contributed by atoms with van der Waals surface area (Å²) in [5, 5.41) is 4.30. The van der Waals surface area contributed by atoms with Crippen LogP contribution in [0, 0.1) is 0 Å². The monoisotopic (exact) mass is 341 g/mol. The van der Waals surface area contributed by atoms with Crippen molar-refractivity contribution in [3.63, 3.8) is 0 Å². The van der Waals surface area contributed by atoms with Crippen LogP contribution in [0.5, 0.6) is 5.75 Å². The summed E-state index contributed by atoms with van der Waals surface area (Å²) in [6.45, 7) is 0. The number of aryl methyl sites for hydroxylation is 1. The highest BCUT2D eigenvalue weighted by molar-refractivity contribution is 7.98. The molecule has 0 unspecified atom stereocenters. The van der Waals surface area contributed by atoms with Gasteiger partial charge in [0.2, 0.25) is 0 Å². The van der Waals surface area contributed by atoms with Gasteiger partial charge >= 0.3 is 0 Å². The van der Waals surface area contributed by atoms with Crippen LogP contribution in [0.1, 0.15) is 17.4 Å². The van der Waals surface area contributed by atoms with Crippen molar-refractivity contribution in [3.05, 3.63) is 60.4 Å². The van der Waals surface area contributed by atoms with Crippen molar-refractivity contribution in [1.82, 2.24) is 19.5 Å². The number of benzene rings is 1. The van der Waals surface area contributed by atoms with Gasteiger partial charge in [0, 0.05) is 25.0 Å². The zero-order valence-corrected chi connectivity index (χ0v) is 14.6. The normalized spacial score (nSPS) is 12.0. The number of nitrogens with zero attached hydrogens (tertiary/aromatic N) is 4. The molecule has 1 aromatic carbocycles. The Morgan fingerprint density at radius 3 is 2.79 bits per heavy atom. The van der Waals surface area contributed by atoms with Crippen molar-refractivity contribution in [2.45, 2.75) is 11.1 Å². The fourth-order valence-corrected chi connectivity index (χ4v) is 2.86. The average Bonchev–Trinajstić information content (AvgIpc) is 3.05. The van der Waals surface area contributed by atoms with Crippen LogP contribution in [0.4, 0.5) is 5.82 Å². The van der Waals surface area contributed by atoms with Gasteiger partial charge < -0.3 is 14.6 Å². The highest BCUT2D eigenvalue weighted by atomic mass is 32.2. The van der Waals surface area contributed by atoms with Gasteiger partial charge in [0.1, 0.15) is 28.5 Å². The smallest absolute Gasteiger partial charge is 0.146 e. The first-order valence-corrected chi connectivity index (χ1v) is 8.68. The van der Waals surface area contributed by atoms with Crippen molar-refractivity contribution >= 4 is 17.6 Å². The molecule has 0 amide bonds. The molecule has 0 spiro atoms. The number of nitrogens with one attached hydrogen (secondary N) is 1. The summed E-state index contributed by atoms with van der Waals surface area (Å²) in [5.74, 6) is 2.36. The van der Waals surface area contributed by atoms with Crippen LogP contribution in [0.2, 0.25) is 0 Å². The number of thioether (sulfide) groups is 1. The van der Waals surface area contributed by atoms with Gasteiger partial charge in [-0.1, -0.05) is 18.2 Å². The highest BCUT2D eigenvalue weighted by Crippen LogP contribution is 2.31. The maximum atomic E-state index is 5.53. The largest absolute Gasteiger partial charge is 0.496 e. The number of hydrogen-bond acceptors (Lipinski definition) is 6. The highest BCUT2D eigenvalue weighted by Gasteiger charge is 2.22. The fourth-order valence-electron chi connectivity index (χ4n) is 2.51. The van der Waals surface area contributed by atoms with Gasteiger partial charge in [-0.25, -0.2) is 9.97 Å². The third kappa shape index (κ3) is 3.35. The number of anilines is 1. The minimum atomic E-state index is -0.201. The van der Waals surface area contributed by atoms with E-state index in [1.54, 1.807) is 37.5 Å². The Labute approximate surface area is 145 Å².